The maximum Gasteiger partial charge on any atom is 0.411 e. The van der Waals surface area contributed by atoms with E-state index >= 15 is 0 Å². The number of para-hydroxylation sites is 6. The topological polar surface area (TPSA) is 322 Å². The molecule has 0 bridgehead atoms. The van der Waals surface area contributed by atoms with Crippen molar-refractivity contribution in [3.8, 4) is 40.1 Å². The summed E-state index contributed by atoms with van der Waals surface area (Å²) >= 11 is 2.85. The van der Waals surface area contributed by atoms with Gasteiger partial charge in [0.2, 0.25) is 10.0 Å². The Morgan fingerprint density at radius 1 is 0.413 bits per heavy atom. The van der Waals surface area contributed by atoms with Crippen LogP contribution < -0.4 is 43.6 Å². The first kappa shape index (κ1) is 70.0. The molecule has 0 atom stereocenters. The number of phenolic OH excluding ortho intramolecular Hbond substituents is 1. The van der Waals surface area contributed by atoms with Gasteiger partial charge in [0.1, 0.15) is 36.6 Å². The normalized spacial score (nSPS) is 11.3. The Labute approximate surface area is 601 Å². The van der Waals surface area contributed by atoms with Crippen molar-refractivity contribution in [2.24, 2.45) is 0 Å². The number of nitrogens with zero attached hydrogens (tertiary/aromatic N) is 3. The van der Waals surface area contributed by atoms with Crippen molar-refractivity contribution in [1.82, 2.24) is 13.7 Å². The molecule has 0 aliphatic rings. The fourth-order valence-corrected chi connectivity index (χ4v) is 15.2. The zero-order valence-corrected chi connectivity index (χ0v) is 58.0. The Morgan fingerprint density at radius 2 is 0.721 bits per heavy atom. The first-order chi connectivity index (χ1) is 50.3. The monoisotopic (exact) mass is 1460 g/mol. The number of carbonyl (C=O) groups is 1. The molecular formula is C78H57N5O17S4. The zero-order chi connectivity index (χ0) is 72.9. The SMILES string of the molecule is CCCS(=O)(=O)Nc1ccc(Sc2c(O)c3c(=O)n(-c4ccccc4)c4ccccc4c3oc2=O)cc1.CCOC(=O)Nc1ccc(Sc2c(O)c3c(=O)n(-c4ccccc4)c4ccccc4c3oc2=O)cc1.O=c1oc2c(c(O)c1Sc1ccc(O)cc1)c(=O)n(-c1ccccc1)c1ccccc21. The number of benzene rings is 9. The first-order valence-corrected chi connectivity index (χ1v) is 36.0. The molecule has 1 amide bonds. The number of phenols is 1. The molecule has 6 aromatic heterocycles. The number of ether oxygens (including phenoxy) is 1. The van der Waals surface area contributed by atoms with E-state index in [1.54, 1.807) is 196 Å². The molecule has 0 spiro atoms. The Bertz CT molecular complexity index is 6330. The summed E-state index contributed by atoms with van der Waals surface area (Å²) in [6.07, 6.45) is -0.0886. The van der Waals surface area contributed by atoms with Crippen LogP contribution >= 0.6 is 35.3 Å². The molecular weight excluding hydrogens is 1410 g/mol. The molecule has 0 aliphatic carbocycles. The molecule has 0 unspecified atom stereocenters. The second-order valence-corrected chi connectivity index (χ2v) is 28.0. The summed E-state index contributed by atoms with van der Waals surface area (Å²) in [4.78, 5) is 92.5. The number of aromatic hydroxyl groups is 4. The molecule has 0 saturated carbocycles. The molecule has 6 heterocycles. The number of aromatic nitrogens is 3. The minimum absolute atomic E-state index is 0.00466. The fourth-order valence-electron chi connectivity index (χ4n) is 11.6. The first-order valence-electron chi connectivity index (χ1n) is 31.9. The quantitative estimate of drug-likeness (QED) is 0.0519. The highest BCUT2D eigenvalue weighted by Gasteiger charge is 2.27. The number of anilines is 2. The number of hydrogen-bond donors (Lipinski definition) is 6. The summed E-state index contributed by atoms with van der Waals surface area (Å²) in [6, 6.07) is 67.4. The minimum Gasteiger partial charge on any atom is -0.508 e. The second kappa shape index (κ2) is 30.0. The van der Waals surface area contributed by atoms with Crippen LogP contribution in [0.5, 0.6) is 23.0 Å². The zero-order valence-electron chi connectivity index (χ0n) is 54.7. The molecule has 0 radical (unpaired) electrons. The lowest BCUT2D eigenvalue weighted by atomic mass is 10.1. The van der Waals surface area contributed by atoms with Crippen LogP contribution in [0.15, 0.2) is 308 Å². The average molecular weight is 1460 g/mol. The van der Waals surface area contributed by atoms with Gasteiger partial charge in [-0.2, -0.15) is 0 Å². The summed E-state index contributed by atoms with van der Waals surface area (Å²) in [6.45, 7) is 3.73. The largest absolute Gasteiger partial charge is 0.508 e. The number of nitrogens with one attached hydrogen (secondary N) is 2. The van der Waals surface area contributed by atoms with Gasteiger partial charge in [-0.05, 0) is 159 Å². The van der Waals surface area contributed by atoms with Crippen molar-refractivity contribution in [3.63, 3.8) is 0 Å². The van der Waals surface area contributed by atoms with E-state index in [1.807, 2.05) is 42.5 Å². The van der Waals surface area contributed by atoms with Crippen molar-refractivity contribution in [2.45, 2.75) is 49.6 Å². The van der Waals surface area contributed by atoms with Gasteiger partial charge in [0.05, 0.1) is 28.9 Å². The second-order valence-electron chi connectivity index (χ2n) is 22.9. The lowest BCUT2D eigenvalue weighted by Crippen LogP contribution is -2.20. The van der Waals surface area contributed by atoms with Gasteiger partial charge < -0.3 is 38.4 Å². The maximum atomic E-state index is 13.7. The smallest absolute Gasteiger partial charge is 0.411 e. The number of carbonyl (C=O) groups excluding carboxylic acids is 1. The maximum absolute atomic E-state index is 13.7. The van der Waals surface area contributed by atoms with E-state index in [1.165, 1.54) is 25.8 Å². The summed E-state index contributed by atoms with van der Waals surface area (Å²) < 4.78 is 52.6. The van der Waals surface area contributed by atoms with Crippen LogP contribution in [0, 0.1) is 0 Å². The van der Waals surface area contributed by atoms with E-state index in [-0.39, 0.29) is 65.7 Å². The van der Waals surface area contributed by atoms with E-state index in [0.717, 1.165) is 35.3 Å². The minimum atomic E-state index is -3.44. The molecule has 0 aliphatic heterocycles. The van der Waals surface area contributed by atoms with Gasteiger partial charge in [0, 0.05) is 59.3 Å². The van der Waals surface area contributed by atoms with Gasteiger partial charge in [-0.3, -0.25) is 38.1 Å². The Hall–Kier alpha value is -12.5. The third-order valence-electron chi connectivity index (χ3n) is 16.1. The molecule has 6 N–H and O–H groups in total. The van der Waals surface area contributed by atoms with Gasteiger partial charge in [0.25, 0.3) is 16.7 Å². The predicted octanol–water partition coefficient (Wildman–Crippen LogP) is 15.3. The Balaban J connectivity index is 0.000000139. The molecule has 15 rings (SSSR count). The van der Waals surface area contributed by atoms with E-state index < -0.39 is 66.9 Å². The molecule has 0 fully saturated rings. The summed E-state index contributed by atoms with van der Waals surface area (Å²) in [5.74, 6) is -1.25. The standard InChI is InChI=1S/C27H22N2O6S2.C27H20N2O6S.C24H15NO5S/c1-2-16-37(33,34)28-17-12-14-19(15-13-17)36-25-23(30)22-24(35-27(25)32)20-10-6-7-11-21(20)29(26(22)31)18-8-4-3-5-9-18;1-2-34-27(33)28-16-12-14-18(15-13-16)36-24-22(30)21-23(35-26(24)32)19-10-6-7-11-20(19)29(25(21)31)17-8-4-3-5-9-17;26-15-10-12-16(13-11-15)31-22-20(27)19-21(30-24(22)29)17-8-4-5-9-18(17)25(23(19)28)14-6-2-1-3-7-14/h3-15,28,30H,2,16H2,1H3;3-15,30H,2H2,1H3,(H,28,33);1-13,26-27H. The summed E-state index contributed by atoms with van der Waals surface area (Å²) in [5, 5.41) is 46.7. The average Bonchev–Trinajstić information content (AvgIpc) is 0.745. The van der Waals surface area contributed by atoms with Gasteiger partial charge in [-0.25, -0.2) is 27.6 Å². The van der Waals surface area contributed by atoms with E-state index in [2.05, 4.69) is 10.0 Å². The summed E-state index contributed by atoms with van der Waals surface area (Å²) in [5.41, 5.74) is 0.654. The predicted molar refractivity (Wildman–Crippen MR) is 403 cm³/mol. The van der Waals surface area contributed by atoms with Crippen LogP contribution in [-0.4, -0.2) is 61.0 Å². The van der Waals surface area contributed by atoms with Crippen molar-refractivity contribution >= 4 is 128 Å². The van der Waals surface area contributed by atoms with Crippen molar-refractivity contribution in [3.05, 3.63) is 299 Å². The highest BCUT2D eigenvalue weighted by molar-refractivity contribution is 8.00. The van der Waals surface area contributed by atoms with Crippen LogP contribution in [0.25, 0.3) is 82.7 Å². The molecule has 104 heavy (non-hydrogen) atoms. The number of hydrogen-bond acceptors (Lipinski definition) is 20. The van der Waals surface area contributed by atoms with Crippen molar-refractivity contribution < 1.29 is 51.6 Å². The van der Waals surface area contributed by atoms with Crippen LogP contribution in [0.3, 0.4) is 0 Å². The van der Waals surface area contributed by atoms with Crippen molar-refractivity contribution in [1.29, 1.82) is 0 Å². The highest BCUT2D eigenvalue weighted by atomic mass is 32.2. The molecule has 9 aromatic carbocycles. The highest BCUT2D eigenvalue weighted by Crippen LogP contribution is 2.42. The number of fused-ring (bicyclic) bond motifs is 9. The van der Waals surface area contributed by atoms with Gasteiger partial charge in [-0.15, -0.1) is 0 Å². The lowest BCUT2D eigenvalue weighted by molar-refractivity contribution is 0.168. The molecule has 15 aromatic rings. The van der Waals surface area contributed by atoms with Crippen LogP contribution in [-0.2, 0) is 14.8 Å². The number of rotatable bonds is 15. The Morgan fingerprint density at radius 3 is 1.05 bits per heavy atom. The van der Waals surface area contributed by atoms with Crippen LogP contribution in [0.1, 0.15) is 20.3 Å². The van der Waals surface area contributed by atoms with Crippen LogP contribution in [0.2, 0.25) is 0 Å². The number of sulfonamides is 1. The lowest BCUT2D eigenvalue weighted by Gasteiger charge is -2.14. The van der Waals surface area contributed by atoms with Crippen molar-refractivity contribution in [2.75, 3.05) is 22.4 Å². The molecule has 22 nitrogen and oxygen atoms in total. The third-order valence-corrected chi connectivity index (χ3v) is 20.8. The van der Waals surface area contributed by atoms with E-state index in [0.29, 0.717) is 82.3 Å². The van der Waals surface area contributed by atoms with E-state index in [4.69, 9.17) is 18.0 Å². The third kappa shape index (κ3) is 14.2. The van der Waals surface area contributed by atoms with Crippen LogP contribution in [0.4, 0.5) is 16.2 Å². The van der Waals surface area contributed by atoms with E-state index in [9.17, 15) is 62.4 Å². The fraction of sp³-hybridized carbons (Fsp3) is 0.0641. The number of pyridine rings is 3. The van der Waals surface area contributed by atoms with Gasteiger partial charge >= 0.3 is 23.0 Å². The molecule has 26 heteroatoms. The molecule has 520 valence electrons. The van der Waals surface area contributed by atoms with Gasteiger partial charge in [0.15, 0.2) is 34.0 Å². The number of amides is 1. The van der Waals surface area contributed by atoms with Gasteiger partial charge in [-0.1, -0.05) is 133 Å². The molecule has 0 saturated heterocycles. The Kier molecular flexibility index (Phi) is 20.2. The summed E-state index contributed by atoms with van der Waals surface area (Å²) in [7, 11) is -3.44.